The molecule has 2 aromatic heterocycles. The number of benzene rings is 1. The number of aromatic nitrogens is 3. The summed E-state index contributed by atoms with van der Waals surface area (Å²) in [6.45, 7) is 4.14. The summed E-state index contributed by atoms with van der Waals surface area (Å²) in [5.41, 5.74) is 1.66. The van der Waals surface area contributed by atoms with Crippen LogP contribution in [-0.2, 0) is 23.2 Å². The van der Waals surface area contributed by atoms with E-state index in [9.17, 15) is 4.79 Å². The second-order valence-corrected chi connectivity index (χ2v) is 8.79. The van der Waals surface area contributed by atoms with Gasteiger partial charge in [-0.05, 0) is 38.2 Å². The number of hydrogen-bond acceptors (Lipinski definition) is 6. The predicted octanol–water partition coefficient (Wildman–Crippen LogP) is 3.92. The predicted molar refractivity (Wildman–Crippen MR) is 125 cm³/mol. The molecule has 4 rings (SSSR count). The van der Waals surface area contributed by atoms with Crippen molar-refractivity contribution in [2.75, 3.05) is 6.61 Å². The lowest BCUT2D eigenvalue weighted by molar-refractivity contribution is -0.120. The van der Waals surface area contributed by atoms with Crippen LogP contribution in [0.3, 0.4) is 0 Å². The average Bonchev–Trinajstić information content (AvgIpc) is 3.14. The molecule has 182 valence electrons. The van der Waals surface area contributed by atoms with Gasteiger partial charge in [0.25, 0.3) is 11.9 Å². The van der Waals surface area contributed by atoms with Gasteiger partial charge in [-0.3, -0.25) is 9.36 Å². The summed E-state index contributed by atoms with van der Waals surface area (Å²) in [5, 5.41) is 2.82. The number of carbonyl (C=O) groups excluding carboxylic acids is 1. The molecular formula is C25H31FN4O4. The zero-order valence-electron chi connectivity index (χ0n) is 19.8. The highest BCUT2D eigenvalue weighted by molar-refractivity contribution is 5.77. The summed E-state index contributed by atoms with van der Waals surface area (Å²) in [5.74, 6) is -0.669. The van der Waals surface area contributed by atoms with E-state index < -0.39 is 5.82 Å². The minimum Gasteiger partial charge on any atom is -0.471 e. The quantitative estimate of drug-likeness (QED) is 0.510. The molecule has 1 N–H and O–H groups in total. The van der Waals surface area contributed by atoms with Crippen LogP contribution in [0.2, 0.25) is 0 Å². The number of pyridine rings is 1. The van der Waals surface area contributed by atoms with Gasteiger partial charge in [-0.1, -0.05) is 30.3 Å². The largest absolute Gasteiger partial charge is 0.471 e. The van der Waals surface area contributed by atoms with E-state index in [1.54, 1.807) is 11.6 Å². The van der Waals surface area contributed by atoms with E-state index in [4.69, 9.17) is 14.2 Å². The molecule has 0 unspecified atom stereocenters. The molecule has 1 aliphatic carbocycles. The number of aryl methyl sites for hydroxylation is 1. The maximum atomic E-state index is 15.2. The van der Waals surface area contributed by atoms with Gasteiger partial charge in [-0.15, -0.1) is 0 Å². The maximum Gasteiger partial charge on any atom is 0.297 e. The van der Waals surface area contributed by atoms with Crippen LogP contribution < -0.4 is 14.8 Å². The van der Waals surface area contributed by atoms with Crippen LogP contribution in [0.4, 0.5) is 4.39 Å². The minimum atomic E-state index is -0.552. The maximum absolute atomic E-state index is 15.2. The molecule has 2 heterocycles. The van der Waals surface area contributed by atoms with Gasteiger partial charge in [0.15, 0.2) is 0 Å². The first-order valence-corrected chi connectivity index (χ1v) is 11.6. The standard InChI is InChI=1S/C25H31FN4O4/c1-16(28-17(2)31)14-32-19-9-11-20(12-10-19)34-25-29-21-13-27-24(22(26)23(21)30(25)3)33-15-18-7-5-4-6-8-18/h4-8,13,16,19-20H,9-12,14-15H2,1-3H3,(H,28,31)/t16-,19?,20?/m0/s1. The fourth-order valence-corrected chi connectivity index (χ4v) is 4.19. The minimum absolute atomic E-state index is 0.0171. The van der Waals surface area contributed by atoms with Crippen LogP contribution in [-0.4, -0.2) is 45.3 Å². The lowest BCUT2D eigenvalue weighted by Crippen LogP contribution is -2.37. The number of nitrogens with zero attached hydrogens (tertiary/aromatic N) is 3. The van der Waals surface area contributed by atoms with Gasteiger partial charge in [-0.2, -0.15) is 9.37 Å². The summed E-state index contributed by atoms with van der Waals surface area (Å²) in [4.78, 5) is 19.7. The Kier molecular flexibility index (Phi) is 7.62. The van der Waals surface area contributed by atoms with E-state index in [2.05, 4.69) is 15.3 Å². The van der Waals surface area contributed by atoms with Crippen LogP contribution in [0.25, 0.3) is 11.0 Å². The fraction of sp³-hybridized carbons (Fsp3) is 0.480. The van der Waals surface area contributed by atoms with Crippen molar-refractivity contribution in [3.63, 3.8) is 0 Å². The molecule has 0 radical (unpaired) electrons. The van der Waals surface area contributed by atoms with Gasteiger partial charge in [0, 0.05) is 20.0 Å². The number of carbonyl (C=O) groups is 1. The number of ether oxygens (including phenoxy) is 3. The third-order valence-corrected chi connectivity index (χ3v) is 5.92. The normalized spacial score (nSPS) is 19.1. The zero-order chi connectivity index (χ0) is 24.1. The number of imidazole rings is 1. The van der Waals surface area contributed by atoms with E-state index in [0.717, 1.165) is 31.2 Å². The molecule has 1 atom stereocenters. The van der Waals surface area contributed by atoms with Crippen LogP contribution in [0.1, 0.15) is 45.1 Å². The molecule has 1 aliphatic rings. The second-order valence-electron chi connectivity index (χ2n) is 8.79. The van der Waals surface area contributed by atoms with E-state index in [-0.39, 0.29) is 36.6 Å². The third-order valence-electron chi connectivity index (χ3n) is 5.92. The second kappa shape index (κ2) is 10.8. The average molecular weight is 471 g/mol. The van der Waals surface area contributed by atoms with Gasteiger partial charge >= 0.3 is 0 Å². The molecule has 3 aromatic rings. The molecular weight excluding hydrogens is 439 g/mol. The SMILES string of the molecule is CC(=O)N[C@@H](C)COC1CCC(Oc2nc3cnc(OCc4ccccc4)c(F)c3n2C)CC1. The monoisotopic (exact) mass is 470 g/mol. The Balaban J connectivity index is 1.34. The number of amides is 1. The molecule has 1 saturated carbocycles. The van der Waals surface area contributed by atoms with Crippen molar-refractivity contribution in [1.29, 1.82) is 0 Å². The number of halogens is 1. The van der Waals surface area contributed by atoms with E-state index in [1.165, 1.54) is 13.1 Å². The zero-order valence-corrected chi connectivity index (χ0v) is 19.8. The van der Waals surface area contributed by atoms with Crippen molar-refractivity contribution in [3.05, 3.63) is 47.9 Å². The van der Waals surface area contributed by atoms with Gasteiger partial charge in [-0.25, -0.2) is 4.98 Å². The van der Waals surface area contributed by atoms with Crippen LogP contribution in [0, 0.1) is 5.82 Å². The molecule has 34 heavy (non-hydrogen) atoms. The van der Waals surface area contributed by atoms with Crippen LogP contribution in [0.5, 0.6) is 11.9 Å². The molecule has 0 bridgehead atoms. The number of rotatable bonds is 9. The summed E-state index contributed by atoms with van der Waals surface area (Å²) >= 11 is 0. The Morgan fingerprint density at radius 2 is 1.91 bits per heavy atom. The summed E-state index contributed by atoms with van der Waals surface area (Å²) in [6, 6.07) is 9.90. The first-order chi connectivity index (χ1) is 16.4. The molecule has 1 aromatic carbocycles. The number of hydrogen-bond donors (Lipinski definition) is 1. The fourth-order valence-electron chi connectivity index (χ4n) is 4.19. The van der Waals surface area contributed by atoms with Crippen molar-refractivity contribution < 1.29 is 23.4 Å². The molecule has 9 heteroatoms. The summed E-state index contributed by atoms with van der Waals surface area (Å²) in [7, 11) is 1.73. The Labute approximate surface area is 198 Å². The molecule has 0 spiro atoms. The molecule has 1 fully saturated rings. The van der Waals surface area contributed by atoms with Gasteiger partial charge in [0.05, 0.1) is 18.9 Å². The van der Waals surface area contributed by atoms with Crippen molar-refractivity contribution >= 4 is 16.9 Å². The van der Waals surface area contributed by atoms with Crippen LogP contribution >= 0.6 is 0 Å². The topological polar surface area (TPSA) is 87.5 Å². The Bertz CT molecular complexity index is 1110. The van der Waals surface area contributed by atoms with Crippen molar-refractivity contribution in [3.8, 4) is 11.9 Å². The number of nitrogens with one attached hydrogen (secondary N) is 1. The smallest absolute Gasteiger partial charge is 0.297 e. The highest BCUT2D eigenvalue weighted by Gasteiger charge is 2.26. The summed E-state index contributed by atoms with van der Waals surface area (Å²) in [6.07, 6.45) is 4.97. The summed E-state index contributed by atoms with van der Waals surface area (Å²) < 4.78 is 34.4. The first-order valence-electron chi connectivity index (χ1n) is 11.6. The van der Waals surface area contributed by atoms with Crippen molar-refractivity contribution in [1.82, 2.24) is 19.9 Å². The first kappa shape index (κ1) is 23.9. The van der Waals surface area contributed by atoms with E-state index in [1.807, 2.05) is 37.3 Å². The lowest BCUT2D eigenvalue weighted by atomic mass is 9.95. The molecule has 1 amide bonds. The Hall–Kier alpha value is -3.20. The molecule has 8 nitrogen and oxygen atoms in total. The van der Waals surface area contributed by atoms with Gasteiger partial charge in [0.1, 0.15) is 23.7 Å². The Morgan fingerprint density at radius 1 is 1.21 bits per heavy atom. The van der Waals surface area contributed by atoms with E-state index >= 15 is 4.39 Å². The highest BCUT2D eigenvalue weighted by Crippen LogP contribution is 2.30. The van der Waals surface area contributed by atoms with Gasteiger partial charge < -0.3 is 19.5 Å². The molecule has 0 aliphatic heterocycles. The van der Waals surface area contributed by atoms with E-state index in [0.29, 0.717) is 23.7 Å². The lowest BCUT2D eigenvalue weighted by Gasteiger charge is -2.29. The van der Waals surface area contributed by atoms with Crippen molar-refractivity contribution in [2.24, 2.45) is 7.05 Å². The van der Waals surface area contributed by atoms with Gasteiger partial charge in [0.2, 0.25) is 11.7 Å². The Morgan fingerprint density at radius 3 is 2.62 bits per heavy atom. The van der Waals surface area contributed by atoms with Crippen molar-refractivity contribution in [2.45, 2.75) is 64.4 Å². The van der Waals surface area contributed by atoms with Crippen LogP contribution in [0.15, 0.2) is 36.5 Å². The highest BCUT2D eigenvalue weighted by atomic mass is 19.1. The molecule has 0 saturated heterocycles. The number of fused-ring (bicyclic) bond motifs is 1. The third kappa shape index (κ3) is 5.83.